The van der Waals surface area contributed by atoms with Crippen molar-refractivity contribution in [2.24, 2.45) is 0 Å². The molecule has 2 rings (SSSR count). The van der Waals surface area contributed by atoms with Gasteiger partial charge in [0.1, 0.15) is 0 Å². The lowest BCUT2D eigenvalue weighted by Gasteiger charge is -2.15. The lowest BCUT2D eigenvalue weighted by Crippen LogP contribution is -2.34. The second-order valence-corrected chi connectivity index (χ2v) is 6.12. The van der Waals surface area contributed by atoms with E-state index < -0.39 is 17.6 Å². The van der Waals surface area contributed by atoms with Gasteiger partial charge in [-0.15, -0.1) is 0 Å². The van der Waals surface area contributed by atoms with Crippen LogP contribution in [0.5, 0.6) is 0 Å². The molecule has 0 spiro atoms. The first kappa shape index (κ1) is 17.7. The molecule has 8 heteroatoms. The predicted molar refractivity (Wildman–Crippen MR) is 94.3 cm³/mol. The van der Waals surface area contributed by atoms with Crippen molar-refractivity contribution in [3.63, 3.8) is 0 Å². The SMILES string of the molecule is O=C(NC(=S)Nc1ccccc1C(F)(F)F)c1cccc(I)c1. The van der Waals surface area contributed by atoms with Gasteiger partial charge in [0, 0.05) is 9.13 Å². The molecule has 0 atom stereocenters. The van der Waals surface area contributed by atoms with E-state index >= 15 is 0 Å². The number of benzene rings is 2. The van der Waals surface area contributed by atoms with Gasteiger partial charge in [0.25, 0.3) is 5.91 Å². The Morgan fingerprint density at radius 3 is 2.43 bits per heavy atom. The number of halogens is 4. The largest absolute Gasteiger partial charge is 0.418 e. The smallest absolute Gasteiger partial charge is 0.332 e. The van der Waals surface area contributed by atoms with E-state index in [0.29, 0.717) is 5.56 Å². The maximum atomic E-state index is 12.9. The number of carbonyl (C=O) groups excluding carboxylic acids is 1. The number of hydrogen-bond donors (Lipinski definition) is 2. The number of para-hydroxylation sites is 1. The molecule has 0 unspecified atom stereocenters. The highest BCUT2D eigenvalue weighted by Crippen LogP contribution is 2.34. The lowest BCUT2D eigenvalue weighted by molar-refractivity contribution is -0.136. The van der Waals surface area contributed by atoms with E-state index in [1.54, 1.807) is 18.2 Å². The fourth-order valence-corrected chi connectivity index (χ4v) is 2.54. The van der Waals surface area contributed by atoms with Gasteiger partial charge < -0.3 is 5.32 Å². The molecular weight excluding hydrogens is 440 g/mol. The summed E-state index contributed by atoms with van der Waals surface area (Å²) < 4.78 is 39.6. The van der Waals surface area contributed by atoms with Gasteiger partial charge in [0.2, 0.25) is 0 Å². The van der Waals surface area contributed by atoms with Crippen molar-refractivity contribution in [1.29, 1.82) is 0 Å². The Morgan fingerprint density at radius 1 is 1.09 bits per heavy atom. The number of carbonyl (C=O) groups is 1. The molecule has 0 aliphatic rings. The summed E-state index contributed by atoms with van der Waals surface area (Å²) in [6, 6.07) is 11.6. The molecule has 0 saturated carbocycles. The van der Waals surface area contributed by atoms with E-state index in [2.05, 4.69) is 33.2 Å². The standard InChI is InChI=1S/C15H10F3IN2OS/c16-15(17,18)11-6-1-2-7-12(11)20-14(23)21-13(22)9-4-3-5-10(19)8-9/h1-8H,(H2,20,21,22,23). The van der Waals surface area contributed by atoms with Gasteiger partial charge >= 0.3 is 6.18 Å². The Balaban J connectivity index is 2.10. The monoisotopic (exact) mass is 450 g/mol. The summed E-state index contributed by atoms with van der Waals surface area (Å²) in [5.74, 6) is -0.495. The fourth-order valence-electron chi connectivity index (χ4n) is 1.80. The summed E-state index contributed by atoms with van der Waals surface area (Å²) in [5.41, 5.74) is -0.705. The third kappa shape index (κ3) is 4.90. The van der Waals surface area contributed by atoms with E-state index in [0.717, 1.165) is 9.64 Å². The van der Waals surface area contributed by atoms with Gasteiger partial charge in [-0.1, -0.05) is 18.2 Å². The maximum absolute atomic E-state index is 12.9. The molecule has 0 aliphatic heterocycles. The van der Waals surface area contributed by atoms with Crippen LogP contribution in [-0.4, -0.2) is 11.0 Å². The van der Waals surface area contributed by atoms with Crippen LogP contribution in [0.15, 0.2) is 48.5 Å². The van der Waals surface area contributed by atoms with E-state index in [9.17, 15) is 18.0 Å². The van der Waals surface area contributed by atoms with Crippen LogP contribution in [-0.2, 0) is 6.18 Å². The Labute approximate surface area is 149 Å². The second-order valence-electron chi connectivity index (χ2n) is 4.46. The van der Waals surface area contributed by atoms with Crippen molar-refractivity contribution in [1.82, 2.24) is 5.32 Å². The van der Waals surface area contributed by atoms with Crippen molar-refractivity contribution >= 4 is 51.5 Å². The van der Waals surface area contributed by atoms with Crippen LogP contribution in [0.25, 0.3) is 0 Å². The van der Waals surface area contributed by atoms with E-state index in [4.69, 9.17) is 12.2 Å². The molecule has 2 aromatic carbocycles. The third-order valence-electron chi connectivity index (χ3n) is 2.79. The summed E-state index contributed by atoms with van der Waals surface area (Å²) >= 11 is 6.97. The molecule has 120 valence electrons. The van der Waals surface area contributed by atoms with Gasteiger partial charge in [-0.25, -0.2) is 0 Å². The molecule has 1 amide bonds. The summed E-state index contributed by atoms with van der Waals surface area (Å²) in [7, 11) is 0. The summed E-state index contributed by atoms with van der Waals surface area (Å²) in [5, 5.41) is 4.57. The molecule has 0 bridgehead atoms. The van der Waals surface area contributed by atoms with E-state index in [1.165, 1.54) is 18.2 Å². The van der Waals surface area contributed by atoms with Gasteiger partial charge in [-0.3, -0.25) is 10.1 Å². The molecule has 0 fully saturated rings. The first-order valence-corrected chi connectivity index (χ1v) is 7.80. The first-order chi connectivity index (χ1) is 10.8. The fraction of sp³-hybridized carbons (Fsp3) is 0.0667. The van der Waals surface area contributed by atoms with Crippen molar-refractivity contribution in [2.45, 2.75) is 6.18 Å². The minimum Gasteiger partial charge on any atom is -0.332 e. The van der Waals surface area contributed by atoms with Crippen LogP contribution < -0.4 is 10.6 Å². The van der Waals surface area contributed by atoms with Crippen molar-refractivity contribution in [2.75, 3.05) is 5.32 Å². The third-order valence-corrected chi connectivity index (χ3v) is 3.67. The quantitative estimate of drug-likeness (QED) is 0.526. The van der Waals surface area contributed by atoms with Crippen molar-refractivity contribution in [3.05, 3.63) is 63.2 Å². The van der Waals surface area contributed by atoms with Crippen molar-refractivity contribution < 1.29 is 18.0 Å². The zero-order chi connectivity index (χ0) is 17.0. The second kappa shape index (κ2) is 7.26. The molecule has 2 N–H and O–H groups in total. The molecule has 0 aromatic heterocycles. The van der Waals surface area contributed by atoms with Gasteiger partial charge in [0.15, 0.2) is 5.11 Å². The number of anilines is 1. The number of alkyl halides is 3. The van der Waals surface area contributed by atoms with Gasteiger partial charge in [-0.2, -0.15) is 13.2 Å². The van der Waals surface area contributed by atoms with Gasteiger partial charge in [-0.05, 0) is 65.1 Å². The minimum atomic E-state index is -4.52. The molecule has 23 heavy (non-hydrogen) atoms. The predicted octanol–water partition coefficient (Wildman–Crippen LogP) is 4.44. The van der Waals surface area contributed by atoms with Crippen LogP contribution >= 0.6 is 34.8 Å². The highest BCUT2D eigenvalue weighted by Gasteiger charge is 2.33. The Morgan fingerprint density at radius 2 is 1.78 bits per heavy atom. The van der Waals surface area contributed by atoms with Crippen LogP contribution in [0.4, 0.5) is 18.9 Å². The highest BCUT2D eigenvalue weighted by atomic mass is 127. The zero-order valence-corrected chi connectivity index (χ0v) is 14.4. The number of rotatable bonds is 2. The Bertz CT molecular complexity index is 749. The average Bonchev–Trinajstić information content (AvgIpc) is 2.46. The maximum Gasteiger partial charge on any atom is 0.418 e. The number of hydrogen-bond acceptors (Lipinski definition) is 2. The molecule has 0 aliphatic carbocycles. The van der Waals surface area contributed by atoms with Crippen molar-refractivity contribution in [3.8, 4) is 0 Å². The molecule has 0 heterocycles. The summed E-state index contributed by atoms with van der Waals surface area (Å²) in [6.07, 6.45) is -4.52. The molecule has 0 saturated heterocycles. The topological polar surface area (TPSA) is 41.1 Å². The van der Waals surface area contributed by atoms with E-state index in [1.807, 2.05) is 6.07 Å². The summed E-state index contributed by atoms with van der Waals surface area (Å²) in [4.78, 5) is 12.0. The lowest BCUT2D eigenvalue weighted by atomic mass is 10.1. The van der Waals surface area contributed by atoms with E-state index in [-0.39, 0.29) is 10.8 Å². The number of nitrogens with one attached hydrogen (secondary N) is 2. The Hall–Kier alpha value is -1.68. The van der Waals surface area contributed by atoms with Crippen LogP contribution in [0.3, 0.4) is 0 Å². The van der Waals surface area contributed by atoms with Crippen LogP contribution in [0.2, 0.25) is 0 Å². The molecule has 0 radical (unpaired) electrons. The minimum absolute atomic E-state index is 0.203. The Kier molecular flexibility index (Phi) is 5.58. The summed E-state index contributed by atoms with van der Waals surface area (Å²) in [6.45, 7) is 0. The molecule has 2 aromatic rings. The number of thiocarbonyl (C=S) groups is 1. The van der Waals surface area contributed by atoms with Crippen LogP contribution in [0.1, 0.15) is 15.9 Å². The highest BCUT2D eigenvalue weighted by molar-refractivity contribution is 14.1. The number of amides is 1. The molecule has 3 nitrogen and oxygen atoms in total. The zero-order valence-electron chi connectivity index (χ0n) is 11.4. The average molecular weight is 450 g/mol. The molecular formula is C15H10F3IN2OS. The first-order valence-electron chi connectivity index (χ1n) is 6.31. The normalized spacial score (nSPS) is 11.0. The van der Waals surface area contributed by atoms with Crippen LogP contribution in [0, 0.1) is 3.57 Å². The van der Waals surface area contributed by atoms with Gasteiger partial charge in [0.05, 0.1) is 11.3 Å².